The quantitative estimate of drug-likeness (QED) is 0.874. The van der Waals surface area contributed by atoms with Crippen LogP contribution in [-0.4, -0.2) is 11.5 Å². The van der Waals surface area contributed by atoms with E-state index in [4.69, 9.17) is 5.73 Å². The summed E-state index contributed by atoms with van der Waals surface area (Å²) in [7, 11) is 0. The predicted octanol–water partition coefficient (Wildman–Crippen LogP) is 2.87. The Bertz CT molecular complexity index is 501. The van der Waals surface area contributed by atoms with Crippen molar-refractivity contribution in [3.8, 4) is 11.3 Å². The summed E-state index contributed by atoms with van der Waals surface area (Å²) in [5, 5.41) is 0. The SMILES string of the molecule is Cc1ccc(-c2ccc(CCN)cn2)cc1C. The molecule has 0 bridgehead atoms. The van der Waals surface area contributed by atoms with Crippen molar-refractivity contribution in [1.82, 2.24) is 4.98 Å². The molecule has 0 saturated carbocycles. The number of aryl methyl sites for hydroxylation is 2. The highest BCUT2D eigenvalue weighted by molar-refractivity contribution is 5.60. The number of nitrogens with two attached hydrogens (primary N) is 1. The Balaban J connectivity index is 2.30. The van der Waals surface area contributed by atoms with Crippen LogP contribution in [0.25, 0.3) is 11.3 Å². The number of hydrogen-bond acceptors (Lipinski definition) is 2. The number of rotatable bonds is 3. The smallest absolute Gasteiger partial charge is 0.0702 e. The Hall–Kier alpha value is -1.67. The average molecular weight is 226 g/mol. The summed E-state index contributed by atoms with van der Waals surface area (Å²) in [4.78, 5) is 4.48. The van der Waals surface area contributed by atoms with E-state index in [0.717, 1.165) is 12.1 Å². The Morgan fingerprint density at radius 3 is 2.47 bits per heavy atom. The van der Waals surface area contributed by atoms with Crippen molar-refractivity contribution in [1.29, 1.82) is 0 Å². The molecular weight excluding hydrogens is 208 g/mol. The molecule has 0 radical (unpaired) electrons. The van der Waals surface area contributed by atoms with Crippen LogP contribution in [0.15, 0.2) is 36.5 Å². The monoisotopic (exact) mass is 226 g/mol. The van der Waals surface area contributed by atoms with Gasteiger partial charge in [0.05, 0.1) is 5.69 Å². The Kier molecular flexibility index (Phi) is 3.55. The lowest BCUT2D eigenvalue weighted by Gasteiger charge is -2.05. The van der Waals surface area contributed by atoms with E-state index < -0.39 is 0 Å². The van der Waals surface area contributed by atoms with Crippen molar-refractivity contribution in [2.24, 2.45) is 5.73 Å². The second kappa shape index (κ2) is 5.11. The van der Waals surface area contributed by atoms with Crippen molar-refractivity contribution in [2.75, 3.05) is 6.54 Å². The number of benzene rings is 1. The van der Waals surface area contributed by atoms with Gasteiger partial charge in [-0.2, -0.15) is 0 Å². The molecule has 2 aromatic rings. The highest BCUT2D eigenvalue weighted by Gasteiger charge is 2.01. The maximum Gasteiger partial charge on any atom is 0.0702 e. The molecule has 0 fully saturated rings. The Morgan fingerprint density at radius 2 is 1.88 bits per heavy atom. The largest absolute Gasteiger partial charge is 0.330 e. The zero-order valence-electron chi connectivity index (χ0n) is 10.4. The van der Waals surface area contributed by atoms with Crippen molar-refractivity contribution < 1.29 is 0 Å². The van der Waals surface area contributed by atoms with Crippen LogP contribution in [0.1, 0.15) is 16.7 Å². The zero-order chi connectivity index (χ0) is 12.3. The lowest BCUT2D eigenvalue weighted by atomic mass is 10.0. The second-order valence-corrected chi connectivity index (χ2v) is 4.39. The molecule has 0 saturated heterocycles. The number of nitrogens with zero attached hydrogens (tertiary/aromatic N) is 1. The molecule has 1 aromatic heterocycles. The van der Waals surface area contributed by atoms with Gasteiger partial charge in [-0.3, -0.25) is 4.98 Å². The van der Waals surface area contributed by atoms with Gasteiger partial charge < -0.3 is 5.73 Å². The summed E-state index contributed by atoms with van der Waals surface area (Å²) in [6, 6.07) is 10.6. The minimum Gasteiger partial charge on any atom is -0.330 e. The van der Waals surface area contributed by atoms with Gasteiger partial charge in [0.25, 0.3) is 0 Å². The molecule has 17 heavy (non-hydrogen) atoms. The molecule has 0 aliphatic heterocycles. The normalized spacial score (nSPS) is 10.5. The Morgan fingerprint density at radius 1 is 1.06 bits per heavy atom. The molecule has 1 aromatic carbocycles. The number of pyridine rings is 1. The van der Waals surface area contributed by atoms with Crippen LogP contribution in [0.2, 0.25) is 0 Å². The summed E-state index contributed by atoms with van der Waals surface area (Å²) < 4.78 is 0. The van der Waals surface area contributed by atoms with Crippen molar-refractivity contribution >= 4 is 0 Å². The summed E-state index contributed by atoms with van der Waals surface area (Å²) in [6.07, 6.45) is 2.80. The molecule has 0 aliphatic carbocycles. The van der Waals surface area contributed by atoms with Crippen LogP contribution < -0.4 is 5.73 Å². The lowest BCUT2D eigenvalue weighted by Crippen LogP contribution is -2.02. The first kappa shape index (κ1) is 11.8. The number of aromatic nitrogens is 1. The van der Waals surface area contributed by atoms with Crippen LogP contribution in [0.5, 0.6) is 0 Å². The first-order chi connectivity index (χ1) is 8.20. The summed E-state index contributed by atoms with van der Waals surface area (Å²) >= 11 is 0. The van der Waals surface area contributed by atoms with Crippen molar-refractivity contribution in [3.05, 3.63) is 53.2 Å². The van der Waals surface area contributed by atoms with Crippen LogP contribution in [0.3, 0.4) is 0 Å². The summed E-state index contributed by atoms with van der Waals surface area (Å²) in [6.45, 7) is 4.92. The molecule has 2 heteroatoms. The molecule has 0 amide bonds. The van der Waals surface area contributed by atoms with Crippen molar-refractivity contribution in [2.45, 2.75) is 20.3 Å². The summed E-state index contributed by atoms with van der Waals surface area (Å²) in [5.74, 6) is 0. The van der Waals surface area contributed by atoms with E-state index in [1.54, 1.807) is 0 Å². The van der Waals surface area contributed by atoms with E-state index in [-0.39, 0.29) is 0 Å². The van der Waals surface area contributed by atoms with E-state index >= 15 is 0 Å². The van der Waals surface area contributed by atoms with Gasteiger partial charge in [-0.15, -0.1) is 0 Å². The fraction of sp³-hybridized carbons (Fsp3) is 0.267. The van der Waals surface area contributed by atoms with E-state index in [2.05, 4.69) is 49.2 Å². The molecule has 0 atom stereocenters. The minimum atomic E-state index is 0.671. The topological polar surface area (TPSA) is 38.9 Å². The van der Waals surface area contributed by atoms with Gasteiger partial charge in [-0.25, -0.2) is 0 Å². The van der Waals surface area contributed by atoms with Gasteiger partial charge in [-0.1, -0.05) is 18.2 Å². The molecule has 0 spiro atoms. The molecular formula is C15H18N2. The third-order valence-corrected chi connectivity index (χ3v) is 3.06. The third kappa shape index (κ3) is 2.71. The predicted molar refractivity (Wildman–Crippen MR) is 71.9 cm³/mol. The summed E-state index contributed by atoms with van der Waals surface area (Å²) in [5.41, 5.74) is 11.5. The first-order valence-corrected chi connectivity index (χ1v) is 5.93. The fourth-order valence-electron chi connectivity index (χ4n) is 1.81. The van der Waals surface area contributed by atoms with Gasteiger partial charge in [0.1, 0.15) is 0 Å². The molecule has 0 aliphatic rings. The van der Waals surface area contributed by atoms with Crippen LogP contribution in [0, 0.1) is 13.8 Å². The fourth-order valence-corrected chi connectivity index (χ4v) is 1.81. The molecule has 1 heterocycles. The van der Waals surface area contributed by atoms with E-state index in [9.17, 15) is 0 Å². The standard InChI is InChI=1S/C15H18N2/c1-11-3-5-14(9-12(11)2)15-6-4-13(7-8-16)10-17-15/h3-6,9-10H,7-8,16H2,1-2H3. The second-order valence-electron chi connectivity index (χ2n) is 4.39. The third-order valence-electron chi connectivity index (χ3n) is 3.06. The average Bonchev–Trinajstić information content (AvgIpc) is 2.34. The minimum absolute atomic E-state index is 0.671. The molecule has 88 valence electrons. The van der Waals surface area contributed by atoms with Crippen LogP contribution in [-0.2, 0) is 6.42 Å². The maximum atomic E-state index is 5.52. The van der Waals surface area contributed by atoms with Crippen molar-refractivity contribution in [3.63, 3.8) is 0 Å². The highest BCUT2D eigenvalue weighted by Crippen LogP contribution is 2.20. The molecule has 2 nitrogen and oxygen atoms in total. The van der Waals surface area contributed by atoms with Crippen LogP contribution in [0.4, 0.5) is 0 Å². The molecule has 2 N–H and O–H groups in total. The van der Waals surface area contributed by atoms with Gasteiger partial charge in [-0.05, 0) is 55.6 Å². The highest BCUT2D eigenvalue weighted by atomic mass is 14.7. The molecule has 2 rings (SSSR count). The molecule has 0 unspecified atom stereocenters. The van der Waals surface area contributed by atoms with Gasteiger partial charge in [0.2, 0.25) is 0 Å². The van der Waals surface area contributed by atoms with E-state index in [0.29, 0.717) is 6.54 Å². The number of hydrogen-bond donors (Lipinski definition) is 1. The van der Waals surface area contributed by atoms with E-state index in [1.165, 1.54) is 22.3 Å². The Labute approximate surface area is 103 Å². The van der Waals surface area contributed by atoms with Crippen LogP contribution >= 0.6 is 0 Å². The lowest BCUT2D eigenvalue weighted by molar-refractivity contribution is 0.959. The maximum absolute atomic E-state index is 5.52. The van der Waals surface area contributed by atoms with Gasteiger partial charge >= 0.3 is 0 Å². The first-order valence-electron chi connectivity index (χ1n) is 5.93. The van der Waals surface area contributed by atoms with E-state index in [1.807, 2.05) is 6.20 Å². The van der Waals surface area contributed by atoms with Gasteiger partial charge in [0, 0.05) is 11.8 Å². The van der Waals surface area contributed by atoms with Gasteiger partial charge in [0.15, 0.2) is 0 Å². The zero-order valence-corrected chi connectivity index (χ0v) is 10.4.